The monoisotopic (exact) mass is 759 g/mol. The van der Waals surface area contributed by atoms with E-state index in [9.17, 15) is 27.9 Å². The molecule has 0 bridgehead atoms. The predicted octanol–water partition coefficient (Wildman–Crippen LogP) is 3.49. The van der Waals surface area contributed by atoms with Crippen LogP contribution >= 0.6 is 0 Å². The first-order valence-electron chi connectivity index (χ1n) is 19.7. The van der Waals surface area contributed by atoms with Gasteiger partial charge in [-0.15, -0.1) is 0 Å². The van der Waals surface area contributed by atoms with Crippen molar-refractivity contribution in [2.24, 2.45) is 23.5 Å². The topological polar surface area (TPSA) is 208 Å². The Hall–Kier alpha value is -3.33. The molecule has 8 N–H and O–H groups in total. The molecule has 1 aliphatic carbocycles. The molecule has 1 aromatic carbocycles. The molecule has 0 unspecified atom stereocenters. The molecule has 14 heteroatoms. The molecule has 1 fully saturated rings. The SMILES string of the molecule is CCCS(=O)(=O)NC[C@@H](C[C@H](O)[C@H](CC1CCCCC1)NC(=O)[C@H](Cc1cnc[nH]1)NC(=O)[C@H](Cc1ccccc1)NC(=O)CCCCCN)C(C)C. The van der Waals surface area contributed by atoms with Gasteiger partial charge in [0.15, 0.2) is 0 Å². The summed E-state index contributed by atoms with van der Waals surface area (Å²) in [5, 5.41) is 20.7. The normalized spacial score (nSPS) is 16.7. The van der Waals surface area contributed by atoms with Gasteiger partial charge in [0, 0.05) is 37.7 Å². The summed E-state index contributed by atoms with van der Waals surface area (Å²) in [6, 6.07) is 6.82. The number of unbranched alkanes of at least 4 members (excludes halogenated alkanes) is 2. The largest absolute Gasteiger partial charge is 0.391 e. The minimum absolute atomic E-state index is 0.0366. The Morgan fingerprint density at radius 1 is 0.962 bits per heavy atom. The molecule has 0 radical (unpaired) electrons. The van der Waals surface area contributed by atoms with Gasteiger partial charge in [0.2, 0.25) is 27.7 Å². The molecule has 2 aromatic rings. The van der Waals surface area contributed by atoms with E-state index in [2.05, 4.69) is 30.6 Å². The van der Waals surface area contributed by atoms with Crippen molar-refractivity contribution in [3.8, 4) is 0 Å². The maximum atomic E-state index is 14.3. The second-order valence-electron chi connectivity index (χ2n) is 15.1. The van der Waals surface area contributed by atoms with E-state index in [1.54, 1.807) is 6.20 Å². The second-order valence-corrected chi connectivity index (χ2v) is 17.0. The highest BCUT2D eigenvalue weighted by Gasteiger charge is 2.33. The Morgan fingerprint density at radius 2 is 1.66 bits per heavy atom. The van der Waals surface area contributed by atoms with Crippen LogP contribution in [0, 0.1) is 17.8 Å². The zero-order valence-corrected chi connectivity index (χ0v) is 32.8. The zero-order valence-electron chi connectivity index (χ0n) is 32.0. The number of aliphatic hydroxyl groups excluding tert-OH is 1. The standard InChI is InChI=1S/C39H65N7O6S/c1-4-20-53(51,52)43-25-31(28(2)3)23-36(47)33(21-29-14-8-5-9-15-29)45-39(50)35(24-32-26-41-27-42-32)46-38(49)34(22-30-16-10-6-11-17-30)44-37(48)18-12-7-13-19-40/h6,10-11,16-17,26-29,31,33-36,43,47H,4-5,7-9,12-15,18-25,40H2,1-3H3,(H,41,42)(H,44,48)(H,45,50)(H,46,49)/t31-,33+,34+,35+,36+/m1/s1. The third-order valence-electron chi connectivity index (χ3n) is 10.3. The van der Waals surface area contributed by atoms with E-state index >= 15 is 0 Å². The van der Waals surface area contributed by atoms with Crippen LogP contribution in [0.1, 0.15) is 109 Å². The Labute approximate surface area is 316 Å². The molecule has 0 saturated heterocycles. The number of imidazole rings is 1. The Kier molecular flexibility index (Phi) is 19.5. The lowest BCUT2D eigenvalue weighted by Crippen LogP contribution is -2.57. The lowest BCUT2D eigenvalue weighted by molar-refractivity contribution is -0.132. The summed E-state index contributed by atoms with van der Waals surface area (Å²) in [5.41, 5.74) is 7.10. The molecular weight excluding hydrogens is 695 g/mol. The van der Waals surface area contributed by atoms with Crippen LogP contribution in [-0.4, -0.2) is 84.3 Å². The number of carbonyl (C=O) groups is 3. The second kappa shape index (κ2) is 23.5. The maximum absolute atomic E-state index is 14.3. The van der Waals surface area contributed by atoms with Crippen LogP contribution < -0.4 is 26.4 Å². The molecule has 3 amide bonds. The minimum atomic E-state index is -3.43. The van der Waals surface area contributed by atoms with E-state index in [-0.39, 0.29) is 55.7 Å². The van der Waals surface area contributed by atoms with Crippen molar-refractivity contribution in [2.45, 2.75) is 135 Å². The smallest absolute Gasteiger partial charge is 0.243 e. The van der Waals surface area contributed by atoms with Gasteiger partial charge in [-0.1, -0.05) is 89.6 Å². The number of aromatic amines is 1. The van der Waals surface area contributed by atoms with Gasteiger partial charge in [-0.25, -0.2) is 18.1 Å². The fraction of sp³-hybridized carbons (Fsp3) is 0.692. The van der Waals surface area contributed by atoms with Crippen molar-refractivity contribution in [1.29, 1.82) is 0 Å². The fourth-order valence-corrected chi connectivity index (χ4v) is 8.20. The molecule has 298 valence electrons. The van der Waals surface area contributed by atoms with Gasteiger partial charge >= 0.3 is 0 Å². The van der Waals surface area contributed by atoms with Crippen molar-refractivity contribution >= 4 is 27.7 Å². The van der Waals surface area contributed by atoms with Crippen LogP contribution in [0.2, 0.25) is 0 Å². The molecule has 3 rings (SSSR count). The van der Waals surface area contributed by atoms with Crippen LogP contribution in [0.4, 0.5) is 0 Å². The quantitative estimate of drug-likeness (QED) is 0.0744. The summed E-state index contributed by atoms with van der Waals surface area (Å²) < 4.78 is 27.6. The molecular formula is C39H65N7O6S. The van der Waals surface area contributed by atoms with Crippen molar-refractivity contribution in [3.63, 3.8) is 0 Å². The molecule has 1 aromatic heterocycles. The predicted molar refractivity (Wildman–Crippen MR) is 208 cm³/mol. The third kappa shape index (κ3) is 16.7. The Balaban J connectivity index is 1.83. The first kappa shape index (κ1) is 44.1. The molecule has 13 nitrogen and oxygen atoms in total. The summed E-state index contributed by atoms with van der Waals surface area (Å²) in [6.45, 7) is 6.57. The highest BCUT2D eigenvalue weighted by Crippen LogP contribution is 2.29. The van der Waals surface area contributed by atoms with Crippen molar-refractivity contribution in [1.82, 2.24) is 30.6 Å². The van der Waals surface area contributed by atoms with Gasteiger partial charge in [0.05, 0.1) is 24.2 Å². The van der Waals surface area contributed by atoms with Gasteiger partial charge in [-0.2, -0.15) is 0 Å². The maximum Gasteiger partial charge on any atom is 0.243 e. The minimum Gasteiger partial charge on any atom is -0.391 e. The number of carbonyl (C=O) groups excluding carboxylic acids is 3. The van der Waals surface area contributed by atoms with Crippen molar-refractivity contribution in [3.05, 3.63) is 54.1 Å². The Morgan fingerprint density at radius 3 is 2.30 bits per heavy atom. The first-order chi connectivity index (χ1) is 25.4. The first-order valence-corrected chi connectivity index (χ1v) is 21.3. The van der Waals surface area contributed by atoms with Crippen molar-refractivity contribution in [2.75, 3.05) is 18.8 Å². The number of nitrogens with zero attached hydrogens (tertiary/aromatic N) is 1. The van der Waals surface area contributed by atoms with Crippen LogP contribution in [0.25, 0.3) is 0 Å². The molecule has 0 aliphatic heterocycles. The van der Waals surface area contributed by atoms with E-state index < -0.39 is 46.1 Å². The van der Waals surface area contributed by atoms with E-state index in [0.29, 0.717) is 37.4 Å². The lowest BCUT2D eigenvalue weighted by Gasteiger charge is -2.34. The number of aromatic nitrogens is 2. The van der Waals surface area contributed by atoms with Gasteiger partial charge in [0.1, 0.15) is 12.1 Å². The number of rotatable bonds is 25. The van der Waals surface area contributed by atoms with Gasteiger partial charge < -0.3 is 31.8 Å². The van der Waals surface area contributed by atoms with Crippen LogP contribution in [0.5, 0.6) is 0 Å². The number of aliphatic hydroxyl groups is 1. The third-order valence-corrected chi connectivity index (χ3v) is 11.8. The summed E-state index contributed by atoms with van der Waals surface area (Å²) in [7, 11) is -3.43. The average molecular weight is 760 g/mol. The fourth-order valence-electron chi connectivity index (χ4n) is 7.05. The summed E-state index contributed by atoms with van der Waals surface area (Å²) in [5.74, 6) is -0.934. The molecule has 1 heterocycles. The number of nitrogens with one attached hydrogen (secondary N) is 5. The highest BCUT2D eigenvalue weighted by atomic mass is 32.2. The molecule has 1 aliphatic rings. The number of hydrogen-bond acceptors (Lipinski definition) is 8. The van der Waals surface area contributed by atoms with Crippen LogP contribution in [0.3, 0.4) is 0 Å². The number of nitrogens with two attached hydrogens (primary N) is 1. The number of hydrogen-bond donors (Lipinski definition) is 7. The number of sulfonamides is 1. The van der Waals surface area contributed by atoms with Crippen molar-refractivity contribution < 1.29 is 27.9 Å². The van der Waals surface area contributed by atoms with Crippen LogP contribution in [0.15, 0.2) is 42.9 Å². The van der Waals surface area contributed by atoms with E-state index in [1.165, 1.54) is 6.33 Å². The Bertz CT molecular complexity index is 1450. The van der Waals surface area contributed by atoms with Gasteiger partial charge in [0.25, 0.3) is 0 Å². The van der Waals surface area contributed by atoms with Gasteiger partial charge in [-0.05, 0) is 62.0 Å². The molecule has 0 spiro atoms. The zero-order chi connectivity index (χ0) is 38.6. The summed E-state index contributed by atoms with van der Waals surface area (Å²) in [4.78, 5) is 48.4. The lowest BCUT2D eigenvalue weighted by atomic mass is 9.81. The van der Waals surface area contributed by atoms with E-state index in [1.807, 2.05) is 51.1 Å². The summed E-state index contributed by atoms with van der Waals surface area (Å²) in [6.07, 6.45) is 11.8. The average Bonchev–Trinajstić information content (AvgIpc) is 3.65. The summed E-state index contributed by atoms with van der Waals surface area (Å²) >= 11 is 0. The van der Waals surface area contributed by atoms with E-state index in [4.69, 9.17) is 5.73 Å². The molecule has 53 heavy (non-hydrogen) atoms. The highest BCUT2D eigenvalue weighted by molar-refractivity contribution is 7.89. The molecule has 5 atom stereocenters. The number of H-pyrrole nitrogens is 1. The number of benzene rings is 1. The van der Waals surface area contributed by atoms with Gasteiger partial charge in [-0.3, -0.25) is 14.4 Å². The van der Waals surface area contributed by atoms with E-state index in [0.717, 1.165) is 50.5 Å². The number of amides is 3. The van der Waals surface area contributed by atoms with Crippen LogP contribution in [-0.2, 0) is 37.2 Å². The molecule has 1 saturated carbocycles.